The van der Waals surface area contributed by atoms with Crippen LogP contribution >= 0.6 is 0 Å². The maximum Gasteiger partial charge on any atom is 0.335 e. The molecule has 14 nitrogen and oxygen atoms in total. The molecule has 14 heteroatoms. The van der Waals surface area contributed by atoms with Crippen molar-refractivity contribution < 1.29 is 69.7 Å². The molecule has 2 heterocycles. The highest BCUT2D eigenvalue weighted by Gasteiger charge is 2.70. The van der Waals surface area contributed by atoms with E-state index in [2.05, 4.69) is 40.7 Å². The molecule has 0 spiro atoms. The van der Waals surface area contributed by atoms with Gasteiger partial charge in [-0.05, 0) is 109 Å². The Kier molecular flexibility index (Phi) is 11.3. The summed E-state index contributed by atoms with van der Waals surface area (Å²) in [5, 5.41) is 97.4. The molecule has 20 atom stereocenters. The van der Waals surface area contributed by atoms with Crippen molar-refractivity contribution in [3.63, 3.8) is 0 Å². The summed E-state index contributed by atoms with van der Waals surface area (Å²) in [6.07, 6.45) is -8.53. The van der Waals surface area contributed by atoms with Crippen LogP contribution in [0.1, 0.15) is 120 Å². The molecule has 5 aliphatic carbocycles. The molecule has 2 saturated heterocycles. The van der Waals surface area contributed by atoms with Crippen molar-refractivity contribution >= 4 is 5.97 Å². The first-order valence-electron chi connectivity index (χ1n) is 21.4. The maximum absolute atomic E-state index is 12.2. The van der Waals surface area contributed by atoms with Gasteiger partial charge in [0.2, 0.25) is 0 Å². The van der Waals surface area contributed by atoms with Crippen molar-refractivity contribution in [1.29, 1.82) is 0 Å². The lowest BCUT2D eigenvalue weighted by atomic mass is 9.33. The molecule has 9 N–H and O–H groups in total. The molecule has 2 aliphatic heterocycles. The molecule has 57 heavy (non-hydrogen) atoms. The number of aliphatic carboxylic acids is 1. The second-order valence-corrected chi connectivity index (χ2v) is 21.2. The van der Waals surface area contributed by atoms with Crippen LogP contribution in [0, 0.1) is 50.2 Å². The van der Waals surface area contributed by atoms with E-state index < -0.39 is 96.7 Å². The van der Waals surface area contributed by atoms with E-state index in [1.54, 1.807) is 0 Å². The fraction of sp³-hybridized carbons (Fsp3) is 0.930. The van der Waals surface area contributed by atoms with Gasteiger partial charge in [0.15, 0.2) is 25.0 Å². The molecule has 326 valence electrons. The smallest absolute Gasteiger partial charge is 0.335 e. The Morgan fingerprint density at radius 1 is 0.789 bits per heavy atom. The Bertz CT molecular complexity index is 1550. The molecule has 0 bridgehead atoms. The summed E-state index contributed by atoms with van der Waals surface area (Å²) >= 11 is 0. The number of rotatable bonds is 7. The first-order valence-corrected chi connectivity index (χ1v) is 21.4. The highest BCUT2D eigenvalue weighted by molar-refractivity contribution is 5.73. The van der Waals surface area contributed by atoms with Crippen LogP contribution in [-0.4, -0.2) is 132 Å². The number of carboxylic acids is 1. The number of allylic oxidation sites excluding steroid dienone is 2. The molecule has 13 unspecified atom stereocenters. The van der Waals surface area contributed by atoms with Crippen molar-refractivity contribution in [3.8, 4) is 0 Å². The number of hydrogen-bond donors (Lipinski definition) is 9. The van der Waals surface area contributed by atoms with Gasteiger partial charge < -0.3 is 64.9 Å². The topological polar surface area (TPSA) is 236 Å². The number of hydrogen-bond acceptors (Lipinski definition) is 13. The van der Waals surface area contributed by atoms with Gasteiger partial charge in [0.05, 0.1) is 18.3 Å². The molecule has 4 saturated carbocycles. The molecule has 0 aromatic heterocycles. The minimum Gasteiger partial charge on any atom is -0.479 e. The van der Waals surface area contributed by atoms with Crippen molar-refractivity contribution in [2.24, 2.45) is 50.2 Å². The molecule has 0 aromatic carbocycles. The monoisotopic (exact) mass is 810 g/mol. The van der Waals surface area contributed by atoms with Crippen LogP contribution in [0.3, 0.4) is 0 Å². The minimum absolute atomic E-state index is 0.00356. The summed E-state index contributed by atoms with van der Waals surface area (Å²) in [4.78, 5) is 11.8. The number of carbonyl (C=O) groups is 1. The third kappa shape index (κ3) is 6.52. The van der Waals surface area contributed by atoms with Crippen molar-refractivity contribution in [3.05, 3.63) is 11.6 Å². The van der Waals surface area contributed by atoms with E-state index >= 15 is 0 Å². The van der Waals surface area contributed by atoms with Crippen molar-refractivity contribution in [1.82, 2.24) is 0 Å². The SMILES string of the molecule is CCC1OC(O[C@@H](O)[C@]23CCC(C)(C)CC2C2=CCC4[C@@]5(C)C[C@@H](O)[C@H](OC6OC(C(=O)O)C(O)C(O)C6O)C(C)(C)C5CC[C@@]4(C)[C@]2(C)CC3)C(O)C(O)C1O. The molecule has 0 radical (unpaired) electrons. The quantitative estimate of drug-likeness (QED) is 0.102. The average Bonchev–Trinajstić information content (AvgIpc) is 3.13. The summed E-state index contributed by atoms with van der Waals surface area (Å²) in [5.74, 6) is -1.28. The van der Waals surface area contributed by atoms with Crippen LogP contribution in [0.4, 0.5) is 0 Å². The second-order valence-electron chi connectivity index (χ2n) is 21.2. The maximum atomic E-state index is 12.2. The van der Waals surface area contributed by atoms with Crippen LogP contribution in [0.2, 0.25) is 0 Å². The van der Waals surface area contributed by atoms with E-state index in [0.717, 1.165) is 44.9 Å². The average molecular weight is 811 g/mol. The van der Waals surface area contributed by atoms with Crippen LogP contribution < -0.4 is 0 Å². The van der Waals surface area contributed by atoms with Gasteiger partial charge in [0, 0.05) is 5.41 Å². The minimum atomic E-state index is -1.84. The van der Waals surface area contributed by atoms with Gasteiger partial charge >= 0.3 is 5.97 Å². The normalized spacial score (nSPS) is 53.6. The van der Waals surface area contributed by atoms with E-state index in [0.29, 0.717) is 19.3 Å². The van der Waals surface area contributed by atoms with Gasteiger partial charge in [0.1, 0.15) is 36.6 Å². The van der Waals surface area contributed by atoms with Crippen LogP contribution in [0.15, 0.2) is 11.6 Å². The van der Waals surface area contributed by atoms with E-state index in [-0.39, 0.29) is 39.4 Å². The highest BCUT2D eigenvalue weighted by Crippen LogP contribution is 2.76. The molecule has 6 fully saturated rings. The summed E-state index contributed by atoms with van der Waals surface area (Å²) in [6.45, 7) is 17.6. The van der Waals surface area contributed by atoms with Gasteiger partial charge in [-0.2, -0.15) is 0 Å². The lowest BCUT2D eigenvalue weighted by Crippen LogP contribution is -2.68. The van der Waals surface area contributed by atoms with Crippen molar-refractivity contribution in [2.75, 3.05) is 0 Å². The standard InChI is InChI=1S/C43H70O14/c1-9-23-26(45)27(46)30(49)35(54-23)57-37(53)43-16-14-38(2,3)18-21(43)20-10-11-25-40(6)19-22(44)33(56-36-31(50)28(47)29(48)32(55-36)34(51)52)39(4,5)24(40)12-13-42(25,8)41(20,7)15-17-43/h10,21-33,35-37,44-50,53H,9,11-19H2,1-8H3,(H,51,52)/t21?,22-,23?,24?,25?,26?,27?,28?,29?,30?,31?,32?,33+,35?,36?,37-,40+,41-,42-,43+/m1/s1. The molecular formula is C43H70O14. The molecule has 0 amide bonds. The number of aliphatic hydroxyl groups excluding tert-OH is 8. The Hall–Kier alpha value is -1.27. The van der Waals surface area contributed by atoms with Crippen LogP contribution in [0.25, 0.3) is 0 Å². The fourth-order valence-electron chi connectivity index (χ4n) is 14.1. The number of fused-ring (bicyclic) bond motifs is 7. The third-order valence-electron chi connectivity index (χ3n) is 17.5. The molecule has 7 aliphatic rings. The zero-order valence-corrected chi connectivity index (χ0v) is 35.0. The Labute approximate surface area is 336 Å². The fourth-order valence-corrected chi connectivity index (χ4v) is 14.1. The van der Waals surface area contributed by atoms with Gasteiger partial charge in [-0.15, -0.1) is 0 Å². The highest BCUT2D eigenvalue weighted by atomic mass is 16.7. The lowest BCUT2D eigenvalue weighted by Gasteiger charge is -2.72. The van der Waals surface area contributed by atoms with Gasteiger partial charge in [-0.25, -0.2) is 4.79 Å². The number of carboxylic acid groups (broad SMARTS) is 1. The first-order chi connectivity index (χ1) is 26.4. The number of aliphatic hydroxyl groups is 8. The first kappa shape index (κ1) is 43.8. The zero-order chi connectivity index (χ0) is 42.0. The summed E-state index contributed by atoms with van der Waals surface area (Å²) in [6, 6.07) is 0. The van der Waals surface area contributed by atoms with Crippen LogP contribution in [0.5, 0.6) is 0 Å². The second kappa shape index (κ2) is 14.7. The van der Waals surface area contributed by atoms with E-state index in [1.807, 2.05) is 20.8 Å². The summed E-state index contributed by atoms with van der Waals surface area (Å²) in [7, 11) is 0. The van der Waals surface area contributed by atoms with Gasteiger partial charge in [-0.3, -0.25) is 0 Å². The predicted molar refractivity (Wildman–Crippen MR) is 204 cm³/mol. The number of ether oxygens (including phenoxy) is 4. The Morgan fingerprint density at radius 2 is 1.42 bits per heavy atom. The Balaban J connectivity index is 1.17. The van der Waals surface area contributed by atoms with Gasteiger partial charge in [0.25, 0.3) is 0 Å². The molecule has 0 aromatic rings. The van der Waals surface area contributed by atoms with Crippen LogP contribution in [-0.2, 0) is 23.7 Å². The zero-order valence-electron chi connectivity index (χ0n) is 35.0. The van der Waals surface area contributed by atoms with E-state index in [4.69, 9.17) is 18.9 Å². The molecular weight excluding hydrogens is 740 g/mol. The molecule has 7 rings (SSSR count). The third-order valence-corrected chi connectivity index (χ3v) is 17.5. The summed E-state index contributed by atoms with van der Waals surface area (Å²) in [5.41, 5.74) is -0.741. The predicted octanol–water partition coefficient (Wildman–Crippen LogP) is 2.59. The Morgan fingerprint density at radius 3 is 2.07 bits per heavy atom. The van der Waals surface area contributed by atoms with E-state index in [9.17, 15) is 50.8 Å². The van der Waals surface area contributed by atoms with Crippen molar-refractivity contribution in [2.45, 2.75) is 200 Å². The van der Waals surface area contributed by atoms with Gasteiger partial charge in [-0.1, -0.05) is 67.0 Å². The lowest BCUT2D eigenvalue weighted by molar-refractivity contribution is -0.354. The summed E-state index contributed by atoms with van der Waals surface area (Å²) < 4.78 is 24.0. The van der Waals surface area contributed by atoms with E-state index in [1.165, 1.54) is 5.57 Å². The largest absolute Gasteiger partial charge is 0.479 e.